The minimum Gasteiger partial charge on any atom is -0.304 e. The Hall–Kier alpha value is -0.610. The molecule has 1 aliphatic rings. The molecular weight excluding hydrogens is 190 g/mol. The highest BCUT2D eigenvalue weighted by Crippen LogP contribution is 2.07. The van der Waals surface area contributed by atoms with Gasteiger partial charge in [-0.25, -0.2) is 5.01 Å². The number of nitrogens with zero attached hydrogens (tertiary/aromatic N) is 2. The molecule has 4 heteroatoms. The van der Waals surface area contributed by atoms with E-state index in [1.807, 2.05) is 5.01 Å². The molecule has 0 aromatic heterocycles. The van der Waals surface area contributed by atoms with Crippen LogP contribution in [0.3, 0.4) is 0 Å². The molecule has 4 nitrogen and oxygen atoms in total. The lowest BCUT2D eigenvalue weighted by molar-refractivity contribution is -0.131. The Balaban J connectivity index is 2.31. The molecule has 88 valence electrons. The maximum absolute atomic E-state index is 11.8. The molecule has 1 rings (SSSR count). The van der Waals surface area contributed by atoms with Crippen LogP contribution in [0.1, 0.15) is 26.7 Å². The summed E-state index contributed by atoms with van der Waals surface area (Å²) in [6.45, 7) is 8.06. The SMILES string of the molecule is CCC(CC)C(=O)NN1CCN(C)CC1. The highest BCUT2D eigenvalue weighted by atomic mass is 16.2. The smallest absolute Gasteiger partial charge is 0.237 e. The third kappa shape index (κ3) is 3.80. The topological polar surface area (TPSA) is 35.6 Å². The zero-order valence-corrected chi connectivity index (χ0v) is 10.1. The van der Waals surface area contributed by atoms with Crippen molar-refractivity contribution in [3.05, 3.63) is 0 Å². The summed E-state index contributed by atoms with van der Waals surface area (Å²) in [5.41, 5.74) is 3.01. The molecule has 0 bridgehead atoms. The number of hydrazine groups is 1. The van der Waals surface area contributed by atoms with E-state index in [9.17, 15) is 4.79 Å². The Labute approximate surface area is 92.6 Å². The van der Waals surface area contributed by atoms with E-state index in [4.69, 9.17) is 0 Å². The summed E-state index contributed by atoms with van der Waals surface area (Å²) in [5, 5.41) is 2.04. The van der Waals surface area contributed by atoms with Gasteiger partial charge in [-0.05, 0) is 19.9 Å². The molecule has 1 N–H and O–H groups in total. The Kier molecular flexibility index (Phi) is 5.05. The number of piperazine rings is 1. The number of hydrogen-bond donors (Lipinski definition) is 1. The fraction of sp³-hybridized carbons (Fsp3) is 0.909. The number of amides is 1. The van der Waals surface area contributed by atoms with Crippen LogP contribution in [0.4, 0.5) is 0 Å². The number of nitrogens with one attached hydrogen (secondary N) is 1. The first-order valence-corrected chi connectivity index (χ1v) is 5.91. The molecule has 0 radical (unpaired) electrons. The molecule has 0 aromatic carbocycles. The van der Waals surface area contributed by atoms with Crippen LogP contribution in [0.25, 0.3) is 0 Å². The molecule has 15 heavy (non-hydrogen) atoms. The van der Waals surface area contributed by atoms with Crippen molar-refractivity contribution in [2.75, 3.05) is 33.2 Å². The largest absolute Gasteiger partial charge is 0.304 e. The molecule has 0 unspecified atom stereocenters. The van der Waals surface area contributed by atoms with Crippen LogP contribution in [0.5, 0.6) is 0 Å². The molecular formula is C11H23N3O. The quantitative estimate of drug-likeness (QED) is 0.747. The summed E-state index contributed by atoms with van der Waals surface area (Å²) >= 11 is 0. The number of likely N-dealkylation sites (N-methyl/N-ethyl adjacent to an activating group) is 1. The van der Waals surface area contributed by atoms with E-state index in [1.165, 1.54) is 0 Å². The van der Waals surface area contributed by atoms with Crippen LogP contribution in [0.15, 0.2) is 0 Å². The van der Waals surface area contributed by atoms with Gasteiger partial charge in [-0.1, -0.05) is 13.8 Å². The van der Waals surface area contributed by atoms with E-state index < -0.39 is 0 Å². The Bertz CT molecular complexity index is 196. The van der Waals surface area contributed by atoms with Gasteiger partial charge in [0.05, 0.1) is 0 Å². The second-order valence-corrected chi connectivity index (χ2v) is 4.28. The van der Waals surface area contributed by atoms with Crippen LogP contribution >= 0.6 is 0 Å². The van der Waals surface area contributed by atoms with Gasteiger partial charge in [0.1, 0.15) is 0 Å². The van der Waals surface area contributed by atoms with Crippen molar-refractivity contribution in [2.24, 2.45) is 5.92 Å². The molecule has 1 saturated heterocycles. The Morgan fingerprint density at radius 2 is 1.73 bits per heavy atom. The minimum absolute atomic E-state index is 0.171. The highest BCUT2D eigenvalue weighted by Gasteiger charge is 2.19. The van der Waals surface area contributed by atoms with Gasteiger partial charge in [-0.15, -0.1) is 0 Å². The van der Waals surface area contributed by atoms with E-state index in [0.717, 1.165) is 39.0 Å². The first-order chi connectivity index (χ1) is 7.17. The van der Waals surface area contributed by atoms with E-state index >= 15 is 0 Å². The lowest BCUT2D eigenvalue weighted by Gasteiger charge is -2.33. The first kappa shape index (κ1) is 12.5. The summed E-state index contributed by atoms with van der Waals surface area (Å²) in [7, 11) is 2.11. The molecule has 0 aromatic rings. The zero-order valence-electron chi connectivity index (χ0n) is 10.1. The van der Waals surface area contributed by atoms with Gasteiger partial charge in [0, 0.05) is 32.1 Å². The van der Waals surface area contributed by atoms with Gasteiger partial charge >= 0.3 is 0 Å². The third-order valence-electron chi connectivity index (χ3n) is 3.13. The molecule has 1 amide bonds. The lowest BCUT2D eigenvalue weighted by atomic mass is 10.0. The van der Waals surface area contributed by atoms with E-state index in [-0.39, 0.29) is 11.8 Å². The molecule has 1 heterocycles. The zero-order chi connectivity index (χ0) is 11.3. The van der Waals surface area contributed by atoms with Gasteiger partial charge in [0.15, 0.2) is 0 Å². The molecule has 0 saturated carbocycles. The second-order valence-electron chi connectivity index (χ2n) is 4.28. The van der Waals surface area contributed by atoms with Crippen molar-refractivity contribution in [1.82, 2.24) is 15.3 Å². The number of rotatable bonds is 4. The average Bonchev–Trinajstić information content (AvgIpc) is 2.23. The van der Waals surface area contributed by atoms with Crippen LogP contribution < -0.4 is 5.43 Å². The van der Waals surface area contributed by atoms with Crippen LogP contribution in [-0.4, -0.2) is 49.0 Å². The molecule has 0 atom stereocenters. The van der Waals surface area contributed by atoms with Crippen molar-refractivity contribution < 1.29 is 4.79 Å². The maximum Gasteiger partial charge on any atom is 0.237 e. The van der Waals surface area contributed by atoms with Crippen molar-refractivity contribution in [2.45, 2.75) is 26.7 Å². The van der Waals surface area contributed by atoms with Crippen LogP contribution in [0, 0.1) is 5.92 Å². The maximum atomic E-state index is 11.8. The summed E-state index contributed by atoms with van der Waals surface area (Å²) in [6.07, 6.45) is 1.85. The number of carbonyl (C=O) groups is 1. The van der Waals surface area contributed by atoms with E-state index in [2.05, 4.69) is 31.2 Å². The predicted octanol–water partition coefficient (Wildman–Crippen LogP) is 0.701. The van der Waals surface area contributed by atoms with Crippen LogP contribution in [-0.2, 0) is 4.79 Å². The summed E-state index contributed by atoms with van der Waals surface area (Å²) in [5.74, 6) is 0.356. The Morgan fingerprint density at radius 1 is 1.20 bits per heavy atom. The first-order valence-electron chi connectivity index (χ1n) is 5.91. The van der Waals surface area contributed by atoms with Crippen LogP contribution in [0.2, 0.25) is 0 Å². The standard InChI is InChI=1S/C11H23N3O/c1-4-10(5-2)11(15)12-14-8-6-13(3)7-9-14/h10H,4-9H2,1-3H3,(H,12,15). The predicted molar refractivity (Wildman–Crippen MR) is 61.3 cm³/mol. The molecule has 0 aliphatic carbocycles. The van der Waals surface area contributed by atoms with Gasteiger partial charge in [0.2, 0.25) is 5.91 Å². The van der Waals surface area contributed by atoms with Crippen molar-refractivity contribution in [3.63, 3.8) is 0 Å². The highest BCUT2D eigenvalue weighted by molar-refractivity contribution is 5.78. The number of hydrogen-bond acceptors (Lipinski definition) is 3. The van der Waals surface area contributed by atoms with Crippen molar-refractivity contribution in [1.29, 1.82) is 0 Å². The third-order valence-corrected chi connectivity index (χ3v) is 3.13. The Morgan fingerprint density at radius 3 is 2.20 bits per heavy atom. The molecule has 1 fully saturated rings. The van der Waals surface area contributed by atoms with Gasteiger partial charge in [0.25, 0.3) is 0 Å². The fourth-order valence-electron chi connectivity index (χ4n) is 1.82. The summed E-state index contributed by atoms with van der Waals surface area (Å²) in [4.78, 5) is 14.1. The van der Waals surface area contributed by atoms with Gasteiger partial charge in [-0.3, -0.25) is 10.2 Å². The monoisotopic (exact) mass is 213 g/mol. The minimum atomic E-state index is 0.171. The van der Waals surface area contributed by atoms with E-state index in [0.29, 0.717) is 0 Å². The second kappa shape index (κ2) is 6.08. The molecule has 0 spiro atoms. The van der Waals surface area contributed by atoms with Gasteiger partial charge in [-0.2, -0.15) is 0 Å². The fourth-order valence-corrected chi connectivity index (χ4v) is 1.82. The normalized spacial score (nSPS) is 19.5. The van der Waals surface area contributed by atoms with Crippen molar-refractivity contribution >= 4 is 5.91 Å². The lowest BCUT2D eigenvalue weighted by Crippen LogP contribution is -2.53. The average molecular weight is 213 g/mol. The summed E-state index contributed by atoms with van der Waals surface area (Å²) in [6, 6.07) is 0. The van der Waals surface area contributed by atoms with Gasteiger partial charge < -0.3 is 4.90 Å². The number of carbonyl (C=O) groups excluding carboxylic acids is 1. The molecule has 1 aliphatic heterocycles. The van der Waals surface area contributed by atoms with E-state index in [1.54, 1.807) is 0 Å². The summed E-state index contributed by atoms with van der Waals surface area (Å²) < 4.78 is 0. The van der Waals surface area contributed by atoms with Crippen molar-refractivity contribution in [3.8, 4) is 0 Å².